The molecule has 21 heavy (non-hydrogen) atoms. The molecule has 0 amide bonds. The summed E-state index contributed by atoms with van der Waals surface area (Å²) in [4.78, 5) is 3.45. The van der Waals surface area contributed by atoms with Crippen LogP contribution in [0.2, 0.25) is 0 Å². The summed E-state index contributed by atoms with van der Waals surface area (Å²) in [6.07, 6.45) is 2.63. The first-order chi connectivity index (χ1) is 10.2. The molecule has 0 spiro atoms. The molecular weight excluding hydrogens is 260 g/mol. The van der Waals surface area contributed by atoms with E-state index in [1.807, 2.05) is 0 Å². The van der Waals surface area contributed by atoms with E-state index in [0.29, 0.717) is 6.10 Å². The summed E-state index contributed by atoms with van der Waals surface area (Å²) in [7, 11) is 0. The van der Waals surface area contributed by atoms with Crippen LogP contribution in [0.5, 0.6) is 0 Å². The van der Waals surface area contributed by atoms with Crippen LogP contribution in [0.25, 0.3) is 21.8 Å². The highest BCUT2D eigenvalue weighted by molar-refractivity contribution is 6.07. The first-order valence-corrected chi connectivity index (χ1v) is 7.64. The predicted molar refractivity (Wildman–Crippen MR) is 86.3 cm³/mol. The third-order valence-corrected chi connectivity index (χ3v) is 4.58. The fourth-order valence-corrected chi connectivity index (χ4v) is 3.39. The van der Waals surface area contributed by atoms with Gasteiger partial charge in [0.2, 0.25) is 0 Å². The minimum absolute atomic E-state index is 0.0481. The summed E-state index contributed by atoms with van der Waals surface area (Å²) < 4.78 is 5.93. The lowest BCUT2D eigenvalue weighted by Crippen LogP contribution is -2.26. The maximum absolute atomic E-state index is 6.43. The summed E-state index contributed by atoms with van der Waals surface area (Å²) >= 11 is 0. The molecule has 3 atom stereocenters. The highest BCUT2D eigenvalue weighted by Gasteiger charge is 2.28. The van der Waals surface area contributed by atoms with Gasteiger partial charge in [0.15, 0.2) is 0 Å². The molecule has 108 valence electrons. The molecule has 0 radical (unpaired) electrons. The zero-order chi connectivity index (χ0) is 14.4. The van der Waals surface area contributed by atoms with Crippen LogP contribution in [-0.2, 0) is 4.74 Å². The minimum atomic E-state index is -0.0481. The van der Waals surface area contributed by atoms with Crippen LogP contribution >= 0.6 is 0 Å². The molecule has 4 rings (SSSR count). The zero-order valence-corrected chi connectivity index (χ0v) is 12.2. The van der Waals surface area contributed by atoms with Crippen molar-refractivity contribution < 1.29 is 4.74 Å². The molecule has 3 aromatic rings. The van der Waals surface area contributed by atoms with Gasteiger partial charge in [-0.1, -0.05) is 24.3 Å². The van der Waals surface area contributed by atoms with Crippen molar-refractivity contribution in [1.29, 1.82) is 0 Å². The normalized spacial score (nSPS) is 23.9. The van der Waals surface area contributed by atoms with Gasteiger partial charge in [-0.3, -0.25) is 0 Å². The van der Waals surface area contributed by atoms with Gasteiger partial charge >= 0.3 is 0 Å². The van der Waals surface area contributed by atoms with E-state index in [1.165, 1.54) is 16.3 Å². The molecule has 2 heterocycles. The molecule has 3 N–H and O–H groups in total. The van der Waals surface area contributed by atoms with Crippen LogP contribution in [0.15, 0.2) is 42.5 Å². The number of ether oxygens (including phenoxy) is 1. The number of benzene rings is 2. The average molecular weight is 280 g/mol. The third kappa shape index (κ3) is 2.13. The van der Waals surface area contributed by atoms with E-state index >= 15 is 0 Å². The van der Waals surface area contributed by atoms with Gasteiger partial charge in [0.05, 0.1) is 18.2 Å². The van der Waals surface area contributed by atoms with Crippen molar-refractivity contribution in [3.63, 3.8) is 0 Å². The molecule has 2 aromatic carbocycles. The Kier molecular flexibility index (Phi) is 2.98. The number of aromatic nitrogens is 1. The van der Waals surface area contributed by atoms with E-state index in [-0.39, 0.29) is 12.1 Å². The second kappa shape index (κ2) is 4.86. The van der Waals surface area contributed by atoms with Crippen LogP contribution in [0, 0.1) is 0 Å². The molecule has 1 aromatic heterocycles. The van der Waals surface area contributed by atoms with E-state index < -0.39 is 0 Å². The molecule has 1 aliphatic rings. The number of H-pyrrole nitrogens is 1. The zero-order valence-electron chi connectivity index (χ0n) is 12.2. The second-order valence-corrected chi connectivity index (χ2v) is 6.06. The Morgan fingerprint density at radius 1 is 1.10 bits per heavy atom. The minimum Gasteiger partial charge on any atom is -0.373 e. The maximum atomic E-state index is 6.43. The van der Waals surface area contributed by atoms with Gasteiger partial charge < -0.3 is 15.5 Å². The molecule has 3 nitrogen and oxygen atoms in total. The molecule has 1 fully saturated rings. The van der Waals surface area contributed by atoms with E-state index in [0.717, 1.165) is 23.9 Å². The van der Waals surface area contributed by atoms with E-state index in [1.54, 1.807) is 0 Å². The van der Waals surface area contributed by atoms with Crippen molar-refractivity contribution in [3.05, 3.63) is 48.0 Å². The fraction of sp³-hybridized carbons (Fsp3) is 0.333. The van der Waals surface area contributed by atoms with Crippen LogP contribution in [0.4, 0.5) is 0 Å². The van der Waals surface area contributed by atoms with Gasteiger partial charge in [-0.15, -0.1) is 0 Å². The van der Waals surface area contributed by atoms with Crippen molar-refractivity contribution in [3.8, 4) is 0 Å². The van der Waals surface area contributed by atoms with E-state index in [2.05, 4.69) is 54.4 Å². The summed E-state index contributed by atoms with van der Waals surface area (Å²) in [5.41, 5.74) is 9.92. The summed E-state index contributed by atoms with van der Waals surface area (Å²) in [6.45, 7) is 2.12. The first kappa shape index (κ1) is 12.9. The summed E-state index contributed by atoms with van der Waals surface area (Å²) in [5.74, 6) is 0. The number of hydrogen-bond acceptors (Lipinski definition) is 2. The van der Waals surface area contributed by atoms with Gasteiger partial charge in [0.1, 0.15) is 0 Å². The van der Waals surface area contributed by atoms with Crippen molar-refractivity contribution in [2.24, 2.45) is 5.73 Å². The molecule has 0 bridgehead atoms. The van der Waals surface area contributed by atoms with Crippen LogP contribution in [0.3, 0.4) is 0 Å². The van der Waals surface area contributed by atoms with Crippen molar-refractivity contribution in [2.75, 3.05) is 0 Å². The number of nitrogens with two attached hydrogens (primary N) is 1. The van der Waals surface area contributed by atoms with Gasteiger partial charge in [-0.05, 0) is 43.5 Å². The van der Waals surface area contributed by atoms with Crippen molar-refractivity contribution in [1.82, 2.24) is 4.98 Å². The molecule has 1 saturated heterocycles. The second-order valence-electron chi connectivity index (χ2n) is 6.06. The lowest BCUT2D eigenvalue weighted by molar-refractivity contribution is 0.0401. The largest absolute Gasteiger partial charge is 0.373 e. The van der Waals surface area contributed by atoms with E-state index in [9.17, 15) is 0 Å². The maximum Gasteiger partial charge on any atom is 0.0772 e. The van der Waals surface area contributed by atoms with Gasteiger partial charge in [0.25, 0.3) is 0 Å². The Morgan fingerprint density at radius 3 is 2.71 bits per heavy atom. The summed E-state index contributed by atoms with van der Waals surface area (Å²) in [5, 5.41) is 2.49. The van der Waals surface area contributed by atoms with Crippen molar-refractivity contribution in [2.45, 2.75) is 38.0 Å². The topological polar surface area (TPSA) is 51.0 Å². The van der Waals surface area contributed by atoms with Gasteiger partial charge in [-0.25, -0.2) is 0 Å². The quantitative estimate of drug-likeness (QED) is 0.748. The molecule has 3 heteroatoms. The highest BCUT2D eigenvalue weighted by atomic mass is 16.5. The average Bonchev–Trinajstić information content (AvgIpc) is 3.09. The van der Waals surface area contributed by atoms with Crippen LogP contribution in [0.1, 0.15) is 31.4 Å². The molecule has 3 unspecified atom stereocenters. The lowest BCUT2D eigenvalue weighted by Gasteiger charge is -2.20. The highest BCUT2D eigenvalue weighted by Crippen LogP contribution is 2.32. The van der Waals surface area contributed by atoms with Crippen LogP contribution in [-0.4, -0.2) is 17.2 Å². The van der Waals surface area contributed by atoms with Gasteiger partial charge in [-0.2, -0.15) is 0 Å². The number of hydrogen-bond donors (Lipinski definition) is 2. The fourth-order valence-electron chi connectivity index (χ4n) is 3.39. The first-order valence-electron chi connectivity index (χ1n) is 7.64. The smallest absolute Gasteiger partial charge is 0.0772 e. The van der Waals surface area contributed by atoms with Crippen molar-refractivity contribution >= 4 is 21.8 Å². The lowest BCUT2D eigenvalue weighted by atomic mass is 9.98. The standard InChI is InChI=1S/C18H20N2O/c1-11-6-9-17(21-11)18(19)12-7-8-16-14(10-12)13-4-2-3-5-15(13)20-16/h2-5,7-8,10-11,17-18,20H,6,9,19H2,1H3. The number of rotatable bonds is 2. The Hall–Kier alpha value is -1.84. The predicted octanol–water partition coefficient (Wildman–Crippen LogP) is 3.89. The Morgan fingerprint density at radius 2 is 1.90 bits per heavy atom. The SMILES string of the molecule is CC1CCC(C(N)c2ccc3[nH]c4ccccc4c3c2)O1. The molecular formula is C18H20N2O. The Labute approximate surface area is 124 Å². The molecule has 1 aliphatic heterocycles. The third-order valence-electron chi connectivity index (χ3n) is 4.58. The Balaban J connectivity index is 1.77. The molecule has 0 aliphatic carbocycles. The summed E-state index contributed by atoms with van der Waals surface area (Å²) in [6, 6.07) is 14.8. The number of fused-ring (bicyclic) bond motifs is 3. The number of para-hydroxylation sites is 1. The van der Waals surface area contributed by atoms with Crippen LogP contribution < -0.4 is 5.73 Å². The Bertz CT molecular complexity index is 792. The monoisotopic (exact) mass is 280 g/mol. The number of nitrogens with one attached hydrogen (secondary N) is 1. The number of aromatic amines is 1. The van der Waals surface area contributed by atoms with E-state index in [4.69, 9.17) is 10.5 Å². The van der Waals surface area contributed by atoms with Gasteiger partial charge in [0, 0.05) is 21.8 Å². The molecule has 0 saturated carbocycles.